The fraction of sp³-hybridized carbons (Fsp3) is 0.922. The molecule has 0 aromatic rings. The van der Waals surface area contributed by atoms with Crippen molar-refractivity contribution in [2.75, 3.05) is 13.2 Å². The van der Waals surface area contributed by atoms with Gasteiger partial charge in [0.15, 0.2) is 0 Å². The number of unbranched alkanes of at least 4 members (excludes halogenated alkanes) is 57. The van der Waals surface area contributed by atoms with Crippen LogP contribution in [0.1, 0.15) is 431 Å². The van der Waals surface area contributed by atoms with Crippen LogP contribution in [0, 0.1) is 0 Å². The van der Waals surface area contributed by atoms with Gasteiger partial charge in [-0.3, -0.25) is 9.59 Å². The summed E-state index contributed by atoms with van der Waals surface area (Å²) in [5.74, 6) is -0.00614. The summed E-state index contributed by atoms with van der Waals surface area (Å²) >= 11 is 0. The average Bonchev–Trinajstić information content (AvgIpc) is 3.49. The first kappa shape index (κ1) is 81.3. The monoisotopic (exact) mass is 1170 g/mol. The van der Waals surface area contributed by atoms with Crippen LogP contribution < -0.4 is 5.32 Å². The molecule has 0 saturated heterocycles. The summed E-state index contributed by atoms with van der Waals surface area (Å²) in [6, 6.07) is -0.537. The second-order valence-corrected chi connectivity index (χ2v) is 26.3. The minimum absolute atomic E-state index is 0.0245. The lowest BCUT2D eigenvalue weighted by Crippen LogP contribution is -2.45. The molecule has 0 aliphatic carbocycles. The Morgan fingerprint density at radius 1 is 0.337 bits per heavy atom. The molecule has 492 valence electrons. The lowest BCUT2D eigenvalue weighted by Gasteiger charge is -2.22. The highest BCUT2D eigenvalue weighted by Crippen LogP contribution is 2.20. The Kier molecular flexibility index (Phi) is 71.4. The number of esters is 1. The van der Waals surface area contributed by atoms with Gasteiger partial charge in [-0.25, -0.2) is 0 Å². The minimum Gasteiger partial charge on any atom is -0.466 e. The van der Waals surface area contributed by atoms with Gasteiger partial charge in [0.05, 0.1) is 25.4 Å². The molecule has 6 heteroatoms. The zero-order valence-corrected chi connectivity index (χ0v) is 56.5. The summed E-state index contributed by atoms with van der Waals surface area (Å²) in [6.45, 7) is 4.99. The Morgan fingerprint density at radius 3 is 0.916 bits per heavy atom. The lowest BCUT2D eigenvalue weighted by molar-refractivity contribution is -0.143. The zero-order chi connectivity index (χ0) is 59.9. The smallest absolute Gasteiger partial charge is 0.305 e. The number of carbonyl (C=O) groups is 2. The van der Waals surface area contributed by atoms with Crippen molar-refractivity contribution < 1.29 is 24.5 Å². The molecule has 2 atom stereocenters. The standard InChI is InChI=1S/C77H149NO5/c1-3-5-7-9-11-13-15-16-17-44-47-51-55-59-63-67-71-77(82)83-72-68-64-60-56-52-48-45-42-40-38-36-34-32-30-28-26-24-22-20-18-19-21-23-25-27-29-31-33-35-37-39-41-43-46-50-54-58-62-66-70-76(81)78-74(73-79)75(80)69-65-61-57-53-49-14-12-10-8-6-4-2/h18-19,22,24,74-75,79-80H,3-17,20-21,23,25-73H2,1-2H3,(H,78,81)/b19-18-,24-22-. The van der Waals surface area contributed by atoms with Crippen LogP contribution in [0.3, 0.4) is 0 Å². The van der Waals surface area contributed by atoms with E-state index in [0.717, 1.165) is 44.9 Å². The molecule has 0 saturated carbocycles. The Hall–Kier alpha value is -1.66. The van der Waals surface area contributed by atoms with Gasteiger partial charge in [0.25, 0.3) is 0 Å². The van der Waals surface area contributed by atoms with Crippen LogP contribution in [0.15, 0.2) is 24.3 Å². The van der Waals surface area contributed by atoms with Gasteiger partial charge < -0.3 is 20.3 Å². The molecule has 2 unspecified atom stereocenters. The number of hydrogen-bond acceptors (Lipinski definition) is 5. The number of carbonyl (C=O) groups excluding carboxylic acids is 2. The van der Waals surface area contributed by atoms with E-state index in [-0.39, 0.29) is 18.5 Å². The first-order valence-electron chi connectivity index (χ1n) is 38.1. The van der Waals surface area contributed by atoms with Crippen molar-refractivity contribution in [2.45, 2.75) is 443 Å². The van der Waals surface area contributed by atoms with Crippen LogP contribution in [-0.4, -0.2) is 47.4 Å². The molecular formula is C77H149NO5. The van der Waals surface area contributed by atoms with E-state index in [2.05, 4.69) is 43.5 Å². The highest BCUT2D eigenvalue weighted by atomic mass is 16.5. The van der Waals surface area contributed by atoms with Crippen LogP contribution in [0.5, 0.6) is 0 Å². The predicted octanol–water partition coefficient (Wildman–Crippen LogP) is 24.9. The molecule has 0 aromatic heterocycles. The highest BCUT2D eigenvalue weighted by Gasteiger charge is 2.20. The SMILES string of the molecule is CCCCCCCCCCCCCCCCCCC(=O)OCCCCCCCCCCCCCCCCC/C=C\C/C=C\CCCCCCCCCCCCCCCCCCCC(=O)NC(CO)C(O)CCCCCCCCCCCCC. The second kappa shape index (κ2) is 72.8. The quantitative estimate of drug-likeness (QED) is 0.0320. The Morgan fingerprint density at radius 2 is 0.602 bits per heavy atom. The van der Waals surface area contributed by atoms with E-state index in [1.807, 2.05) is 0 Å². The topological polar surface area (TPSA) is 95.9 Å². The molecule has 0 radical (unpaired) electrons. The summed E-state index contributed by atoms with van der Waals surface area (Å²) in [7, 11) is 0. The highest BCUT2D eigenvalue weighted by molar-refractivity contribution is 5.76. The maximum Gasteiger partial charge on any atom is 0.305 e. The van der Waals surface area contributed by atoms with Gasteiger partial charge >= 0.3 is 5.97 Å². The minimum atomic E-state index is -0.660. The third kappa shape index (κ3) is 69.3. The van der Waals surface area contributed by atoms with Crippen LogP contribution in [-0.2, 0) is 14.3 Å². The van der Waals surface area contributed by atoms with Crippen LogP contribution >= 0.6 is 0 Å². The van der Waals surface area contributed by atoms with Crippen molar-refractivity contribution in [1.82, 2.24) is 5.32 Å². The Bertz CT molecular complexity index is 1300. The van der Waals surface area contributed by atoms with E-state index in [9.17, 15) is 19.8 Å². The van der Waals surface area contributed by atoms with Gasteiger partial charge in [0, 0.05) is 12.8 Å². The summed E-state index contributed by atoms with van der Waals surface area (Å²) in [5.41, 5.74) is 0. The van der Waals surface area contributed by atoms with Crippen molar-refractivity contribution in [3.8, 4) is 0 Å². The van der Waals surface area contributed by atoms with E-state index in [1.165, 1.54) is 353 Å². The number of hydrogen-bond donors (Lipinski definition) is 3. The maximum absolute atomic E-state index is 12.5. The van der Waals surface area contributed by atoms with Gasteiger partial charge in [-0.2, -0.15) is 0 Å². The molecule has 0 heterocycles. The van der Waals surface area contributed by atoms with Gasteiger partial charge in [-0.15, -0.1) is 0 Å². The lowest BCUT2D eigenvalue weighted by atomic mass is 10.0. The van der Waals surface area contributed by atoms with Gasteiger partial charge in [-0.1, -0.05) is 385 Å². The number of aliphatic hydroxyl groups is 2. The number of aliphatic hydroxyl groups excluding tert-OH is 2. The molecule has 3 N–H and O–H groups in total. The van der Waals surface area contributed by atoms with Gasteiger partial charge in [0.1, 0.15) is 0 Å². The van der Waals surface area contributed by atoms with Gasteiger partial charge in [-0.05, 0) is 57.8 Å². The van der Waals surface area contributed by atoms with Crippen LogP contribution in [0.2, 0.25) is 0 Å². The van der Waals surface area contributed by atoms with Crippen molar-refractivity contribution in [3.63, 3.8) is 0 Å². The number of amides is 1. The normalized spacial score (nSPS) is 12.6. The molecule has 1 amide bonds. The molecule has 0 aliphatic heterocycles. The third-order valence-electron chi connectivity index (χ3n) is 18.0. The molecule has 0 bridgehead atoms. The number of ether oxygens (including phenoxy) is 1. The van der Waals surface area contributed by atoms with Crippen LogP contribution in [0.25, 0.3) is 0 Å². The van der Waals surface area contributed by atoms with E-state index in [0.29, 0.717) is 25.9 Å². The fourth-order valence-corrected chi connectivity index (χ4v) is 12.2. The van der Waals surface area contributed by atoms with Crippen LogP contribution in [0.4, 0.5) is 0 Å². The molecule has 0 fully saturated rings. The van der Waals surface area contributed by atoms with Crippen molar-refractivity contribution >= 4 is 11.9 Å². The number of rotatable bonds is 72. The van der Waals surface area contributed by atoms with E-state index in [4.69, 9.17) is 4.74 Å². The largest absolute Gasteiger partial charge is 0.466 e. The second-order valence-electron chi connectivity index (χ2n) is 26.3. The zero-order valence-electron chi connectivity index (χ0n) is 56.5. The summed E-state index contributed by atoms with van der Waals surface area (Å²) < 4.78 is 5.51. The van der Waals surface area contributed by atoms with Crippen molar-refractivity contribution in [2.24, 2.45) is 0 Å². The van der Waals surface area contributed by atoms with Gasteiger partial charge in [0.2, 0.25) is 5.91 Å². The average molecular weight is 1170 g/mol. The van der Waals surface area contributed by atoms with E-state index in [1.54, 1.807) is 0 Å². The fourth-order valence-electron chi connectivity index (χ4n) is 12.2. The number of allylic oxidation sites excluding steroid dienone is 4. The Balaban J connectivity index is 3.32. The Labute approximate surface area is 520 Å². The molecule has 0 spiro atoms. The molecule has 6 nitrogen and oxygen atoms in total. The molecule has 0 rings (SSSR count). The molecule has 0 aliphatic rings. The third-order valence-corrected chi connectivity index (χ3v) is 18.0. The van der Waals surface area contributed by atoms with E-state index < -0.39 is 12.1 Å². The first-order chi connectivity index (χ1) is 41.0. The molecular weight excluding hydrogens is 1020 g/mol. The predicted molar refractivity (Wildman–Crippen MR) is 366 cm³/mol. The first-order valence-corrected chi connectivity index (χ1v) is 38.1. The van der Waals surface area contributed by atoms with Crippen molar-refractivity contribution in [1.29, 1.82) is 0 Å². The van der Waals surface area contributed by atoms with Crippen molar-refractivity contribution in [3.05, 3.63) is 24.3 Å². The summed E-state index contributed by atoms with van der Waals surface area (Å²) in [5, 5.41) is 23.2. The summed E-state index contributed by atoms with van der Waals surface area (Å²) in [4.78, 5) is 24.6. The summed E-state index contributed by atoms with van der Waals surface area (Å²) in [6.07, 6.45) is 92.7. The number of nitrogens with one attached hydrogen (secondary N) is 1. The van der Waals surface area contributed by atoms with E-state index >= 15 is 0 Å². The maximum atomic E-state index is 12.5. The molecule has 0 aromatic carbocycles. The molecule has 83 heavy (non-hydrogen) atoms.